The molecular formula is C23H23Cl4N5O2S. The van der Waals surface area contributed by atoms with Crippen LogP contribution < -0.4 is 10.6 Å². The highest BCUT2D eigenvalue weighted by Gasteiger charge is 2.27. The Morgan fingerprint density at radius 3 is 2.34 bits per heavy atom. The molecular weight excluding hydrogens is 552 g/mol. The van der Waals surface area contributed by atoms with Crippen LogP contribution in [0.5, 0.6) is 0 Å². The first-order chi connectivity index (χ1) is 16.6. The first kappa shape index (κ1) is 27.6. The molecule has 3 aromatic rings. The highest BCUT2D eigenvalue weighted by atomic mass is 35.5. The molecule has 1 heterocycles. The van der Waals surface area contributed by atoms with Crippen LogP contribution in [0.15, 0.2) is 41.6 Å². The topological polar surface area (TPSA) is 88.9 Å². The summed E-state index contributed by atoms with van der Waals surface area (Å²) in [6.07, 6.45) is 0. The lowest BCUT2D eigenvalue weighted by Crippen LogP contribution is -2.34. The molecule has 0 unspecified atom stereocenters. The third-order valence-corrected chi connectivity index (χ3v) is 7.08. The van der Waals surface area contributed by atoms with Crippen LogP contribution in [0.2, 0.25) is 20.1 Å². The van der Waals surface area contributed by atoms with E-state index in [1.165, 1.54) is 17.8 Å². The third-order valence-electron chi connectivity index (χ3n) is 5.00. The molecule has 0 aliphatic heterocycles. The maximum absolute atomic E-state index is 12.9. The summed E-state index contributed by atoms with van der Waals surface area (Å²) in [5.41, 5.74) is 0.751. The third kappa shape index (κ3) is 7.05. The van der Waals surface area contributed by atoms with Crippen molar-refractivity contribution in [1.82, 2.24) is 20.1 Å². The molecule has 0 aliphatic carbocycles. The van der Waals surface area contributed by atoms with Gasteiger partial charge in [0.25, 0.3) is 5.91 Å². The van der Waals surface area contributed by atoms with Crippen LogP contribution in [0, 0.1) is 5.92 Å². The van der Waals surface area contributed by atoms with E-state index in [1.807, 2.05) is 25.3 Å². The van der Waals surface area contributed by atoms with Crippen LogP contribution in [0.3, 0.4) is 0 Å². The van der Waals surface area contributed by atoms with Crippen molar-refractivity contribution in [3.05, 3.63) is 67.9 Å². The number of carbonyl (C=O) groups is 2. The first-order valence-electron chi connectivity index (χ1n) is 10.7. The van der Waals surface area contributed by atoms with Gasteiger partial charge in [0.15, 0.2) is 11.0 Å². The fourth-order valence-electron chi connectivity index (χ4n) is 3.27. The van der Waals surface area contributed by atoms with Crippen molar-refractivity contribution in [3.8, 4) is 0 Å². The van der Waals surface area contributed by atoms with Gasteiger partial charge in [-0.15, -0.1) is 10.2 Å². The minimum atomic E-state index is -0.435. The summed E-state index contributed by atoms with van der Waals surface area (Å²) in [6, 6.07) is 9.12. The quantitative estimate of drug-likeness (QED) is 0.275. The Morgan fingerprint density at radius 2 is 1.69 bits per heavy atom. The van der Waals surface area contributed by atoms with Crippen LogP contribution in [0.25, 0.3) is 0 Å². The van der Waals surface area contributed by atoms with E-state index < -0.39 is 6.04 Å². The summed E-state index contributed by atoms with van der Waals surface area (Å²) in [5.74, 6) is 0.0629. The van der Waals surface area contributed by atoms with E-state index in [9.17, 15) is 9.59 Å². The number of anilines is 1. The zero-order valence-electron chi connectivity index (χ0n) is 19.1. The second-order valence-corrected chi connectivity index (χ2v) is 10.5. The van der Waals surface area contributed by atoms with Crippen molar-refractivity contribution in [2.24, 2.45) is 5.92 Å². The number of nitrogens with one attached hydrogen (secondary N) is 2. The molecule has 2 amide bonds. The van der Waals surface area contributed by atoms with E-state index in [0.29, 0.717) is 43.8 Å². The molecule has 12 heteroatoms. The van der Waals surface area contributed by atoms with E-state index in [4.69, 9.17) is 46.4 Å². The Hall–Kier alpha value is -1.97. The van der Waals surface area contributed by atoms with Gasteiger partial charge < -0.3 is 15.2 Å². The molecule has 2 aromatic carbocycles. The fraction of sp³-hybridized carbons (Fsp3) is 0.304. The number of aromatic nitrogens is 3. The lowest BCUT2D eigenvalue weighted by atomic mass is 10.0. The number of halogens is 4. The number of nitrogens with zero attached hydrogens (tertiary/aromatic N) is 3. The minimum Gasteiger partial charge on any atom is -0.342 e. The molecule has 0 spiro atoms. The van der Waals surface area contributed by atoms with Gasteiger partial charge in [0.05, 0.1) is 33.1 Å². The molecule has 1 atom stereocenters. The molecule has 186 valence electrons. The molecule has 1 aromatic heterocycles. The maximum Gasteiger partial charge on any atom is 0.253 e. The maximum atomic E-state index is 12.9. The molecule has 0 aliphatic rings. The van der Waals surface area contributed by atoms with E-state index >= 15 is 0 Å². The van der Waals surface area contributed by atoms with Gasteiger partial charge >= 0.3 is 0 Å². The predicted molar refractivity (Wildman–Crippen MR) is 143 cm³/mol. The Kier molecular flexibility index (Phi) is 9.72. The number of carbonyl (C=O) groups excluding carboxylic acids is 2. The molecule has 3 rings (SSSR count). The second kappa shape index (κ2) is 12.3. The largest absolute Gasteiger partial charge is 0.342 e. The number of benzene rings is 2. The van der Waals surface area contributed by atoms with E-state index in [1.54, 1.807) is 30.3 Å². The summed E-state index contributed by atoms with van der Waals surface area (Å²) in [7, 11) is 0. The SMILES string of the molecule is CCn1c(SCC(=O)Nc2cc(Cl)ccc2Cl)nnc1[C@@H](NC(=O)c1ccc(Cl)cc1Cl)C(C)C. The molecule has 0 bridgehead atoms. The van der Waals surface area contributed by atoms with Gasteiger partial charge in [0.1, 0.15) is 0 Å². The minimum absolute atomic E-state index is 0.00523. The lowest BCUT2D eigenvalue weighted by Gasteiger charge is -2.22. The monoisotopic (exact) mass is 573 g/mol. The van der Waals surface area contributed by atoms with E-state index in [2.05, 4.69) is 20.8 Å². The molecule has 2 N–H and O–H groups in total. The van der Waals surface area contributed by atoms with E-state index in [-0.39, 0.29) is 28.5 Å². The van der Waals surface area contributed by atoms with Crippen molar-refractivity contribution in [2.45, 2.75) is 38.5 Å². The lowest BCUT2D eigenvalue weighted by molar-refractivity contribution is -0.113. The standard InChI is InChI=1S/C23H23Cl4N5O2S/c1-4-32-21(20(12(2)3)29-22(34)15-7-5-13(24)9-17(15)27)30-31-23(32)35-11-19(33)28-18-10-14(25)6-8-16(18)26/h5-10,12,20H,4,11H2,1-3H3,(H,28,33)(H,29,34)/t20-/m0/s1. The Labute approximate surface area is 227 Å². The van der Waals surface area contributed by atoms with Gasteiger partial charge in [0.2, 0.25) is 5.91 Å². The summed E-state index contributed by atoms with van der Waals surface area (Å²) < 4.78 is 1.87. The van der Waals surface area contributed by atoms with Crippen LogP contribution in [0.1, 0.15) is 43.0 Å². The van der Waals surface area contributed by atoms with Crippen LogP contribution in [0.4, 0.5) is 5.69 Å². The summed E-state index contributed by atoms with van der Waals surface area (Å²) in [4.78, 5) is 25.4. The van der Waals surface area contributed by atoms with Crippen LogP contribution >= 0.6 is 58.2 Å². The molecule has 0 saturated heterocycles. The van der Waals surface area contributed by atoms with Gasteiger partial charge in [0, 0.05) is 16.6 Å². The summed E-state index contributed by atoms with van der Waals surface area (Å²) in [6.45, 7) is 6.43. The second-order valence-electron chi connectivity index (χ2n) is 7.87. The van der Waals surface area contributed by atoms with Crippen molar-refractivity contribution < 1.29 is 9.59 Å². The first-order valence-corrected chi connectivity index (χ1v) is 13.2. The molecule has 0 saturated carbocycles. The average molecular weight is 575 g/mol. The zero-order valence-corrected chi connectivity index (χ0v) is 23.0. The van der Waals surface area contributed by atoms with Gasteiger partial charge in [-0.05, 0) is 49.2 Å². The highest BCUT2D eigenvalue weighted by Crippen LogP contribution is 2.28. The number of hydrogen-bond donors (Lipinski definition) is 2. The fourth-order valence-corrected chi connectivity index (χ4v) is 4.91. The van der Waals surface area contributed by atoms with Crippen LogP contribution in [-0.2, 0) is 11.3 Å². The predicted octanol–water partition coefficient (Wildman–Crippen LogP) is 6.77. The smallest absolute Gasteiger partial charge is 0.253 e. The average Bonchev–Trinajstić information content (AvgIpc) is 3.20. The Morgan fingerprint density at radius 1 is 1.00 bits per heavy atom. The molecule has 0 fully saturated rings. The van der Waals surface area contributed by atoms with Crippen molar-refractivity contribution in [1.29, 1.82) is 0 Å². The van der Waals surface area contributed by atoms with Gasteiger partial charge in [-0.2, -0.15) is 0 Å². The van der Waals surface area contributed by atoms with Crippen LogP contribution in [-0.4, -0.2) is 32.3 Å². The van der Waals surface area contributed by atoms with E-state index in [0.717, 1.165) is 0 Å². The molecule has 7 nitrogen and oxygen atoms in total. The zero-order chi connectivity index (χ0) is 25.7. The number of hydrogen-bond acceptors (Lipinski definition) is 5. The normalized spacial score (nSPS) is 12.0. The Balaban J connectivity index is 1.74. The number of amides is 2. The van der Waals surface area contributed by atoms with Crippen molar-refractivity contribution in [3.63, 3.8) is 0 Å². The van der Waals surface area contributed by atoms with Crippen molar-refractivity contribution in [2.75, 3.05) is 11.1 Å². The molecule has 0 radical (unpaired) electrons. The molecule has 35 heavy (non-hydrogen) atoms. The highest BCUT2D eigenvalue weighted by molar-refractivity contribution is 7.99. The van der Waals surface area contributed by atoms with Crippen molar-refractivity contribution >= 4 is 75.7 Å². The summed E-state index contributed by atoms with van der Waals surface area (Å²) >= 11 is 25.5. The number of thioether (sulfide) groups is 1. The Bertz CT molecular complexity index is 1230. The van der Waals surface area contributed by atoms with Gasteiger partial charge in [-0.1, -0.05) is 72.0 Å². The van der Waals surface area contributed by atoms with Gasteiger partial charge in [-0.3, -0.25) is 9.59 Å². The summed E-state index contributed by atoms with van der Waals surface area (Å²) in [5, 5.41) is 16.5. The number of rotatable bonds is 9. The van der Waals surface area contributed by atoms with Gasteiger partial charge in [-0.25, -0.2) is 0 Å².